The standard InChI is InChI=1S/C21H29N3O3/c1-22-9-11-23(12-10-22)13-16-4-6-17(7-5-16)19(25)24-14-18-3-2-8-21(18,15-24)20(26)27/h4-7,18H,2-3,8-15H2,1H3,(H,26,27)/t18-,21+/m0/s1. The summed E-state index contributed by atoms with van der Waals surface area (Å²) < 4.78 is 0. The molecule has 1 saturated carbocycles. The summed E-state index contributed by atoms with van der Waals surface area (Å²) in [7, 11) is 2.15. The number of carbonyl (C=O) groups excluding carboxylic acids is 1. The SMILES string of the molecule is CN1CCN(Cc2ccc(C(=O)N3C[C@@H]4CCC[C@@]4(C(=O)O)C3)cc2)CC1. The quantitative estimate of drug-likeness (QED) is 0.874. The normalized spacial score (nSPS) is 29.1. The summed E-state index contributed by atoms with van der Waals surface area (Å²) in [5, 5.41) is 9.71. The zero-order chi connectivity index (χ0) is 19.0. The number of fused-ring (bicyclic) bond motifs is 1. The van der Waals surface area contributed by atoms with E-state index in [1.807, 2.05) is 24.3 Å². The zero-order valence-corrected chi connectivity index (χ0v) is 16.1. The van der Waals surface area contributed by atoms with Crippen LogP contribution in [0.5, 0.6) is 0 Å². The van der Waals surface area contributed by atoms with Crippen molar-refractivity contribution in [2.75, 3.05) is 46.3 Å². The van der Waals surface area contributed by atoms with Crippen molar-refractivity contribution in [2.45, 2.75) is 25.8 Å². The first-order valence-corrected chi connectivity index (χ1v) is 10.0. The Labute approximate surface area is 160 Å². The molecule has 2 aliphatic heterocycles. The minimum atomic E-state index is -0.733. The highest BCUT2D eigenvalue weighted by atomic mass is 16.4. The van der Waals surface area contributed by atoms with Gasteiger partial charge >= 0.3 is 5.97 Å². The Bertz CT molecular complexity index is 712. The molecule has 2 atom stereocenters. The molecular weight excluding hydrogens is 342 g/mol. The van der Waals surface area contributed by atoms with Gasteiger partial charge in [-0.15, -0.1) is 0 Å². The van der Waals surface area contributed by atoms with Crippen molar-refractivity contribution >= 4 is 11.9 Å². The van der Waals surface area contributed by atoms with Crippen LogP contribution in [0.4, 0.5) is 0 Å². The molecular formula is C21H29N3O3. The summed E-state index contributed by atoms with van der Waals surface area (Å²) in [4.78, 5) is 31.3. The number of amides is 1. The second kappa shape index (κ2) is 7.24. The third-order valence-electron chi connectivity index (χ3n) is 6.79. The van der Waals surface area contributed by atoms with Gasteiger partial charge in [-0.3, -0.25) is 14.5 Å². The molecule has 1 N–H and O–H groups in total. The van der Waals surface area contributed by atoms with Crippen LogP contribution in [0, 0.1) is 11.3 Å². The van der Waals surface area contributed by atoms with E-state index in [-0.39, 0.29) is 11.8 Å². The highest BCUT2D eigenvalue weighted by Crippen LogP contribution is 2.49. The first kappa shape index (κ1) is 18.4. The fourth-order valence-corrected chi connectivity index (χ4v) is 4.99. The van der Waals surface area contributed by atoms with Gasteiger partial charge in [0.2, 0.25) is 0 Å². The fourth-order valence-electron chi connectivity index (χ4n) is 4.99. The van der Waals surface area contributed by atoms with Crippen molar-refractivity contribution in [3.05, 3.63) is 35.4 Å². The molecule has 0 radical (unpaired) electrons. The Morgan fingerprint density at radius 1 is 1.15 bits per heavy atom. The summed E-state index contributed by atoms with van der Waals surface area (Å²) >= 11 is 0. The second-order valence-corrected chi connectivity index (χ2v) is 8.51. The van der Waals surface area contributed by atoms with Gasteiger partial charge in [0.25, 0.3) is 5.91 Å². The van der Waals surface area contributed by atoms with E-state index in [4.69, 9.17) is 0 Å². The lowest BCUT2D eigenvalue weighted by atomic mass is 9.81. The average Bonchev–Trinajstić information content (AvgIpc) is 3.22. The first-order valence-electron chi connectivity index (χ1n) is 10.0. The van der Waals surface area contributed by atoms with Gasteiger partial charge in [0.05, 0.1) is 5.41 Å². The van der Waals surface area contributed by atoms with Crippen molar-refractivity contribution < 1.29 is 14.7 Å². The Kier molecular flexibility index (Phi) is 4.95. The lowest BCUT2D eigenvalue weighted by Gasteiger charge is -2.32. The van der Waals surface area contributed by atoms with Gasteiger partial charge in [-0.25, -0.2) is 0 Å². The van der Waals surface area contributed by atoms with Gasteiger partial charge in [0.15, 0.2) is 0 Å². The summed E-state index contributed by atoms with van der Waals surface area (Å²) in [6.45, 7) is 6.18. The largest absolute Gasteiger partial charge is 0.481 e. The number of carbonyl (C=O) groups is 2. The Morgan fingerprint density at radius 2 is 1.85 bits per heavy atom. The molecule has 0 unspecified atom stereocenters. The smallest absolute Gasteiger partial charge is 0.311 e. The number of likely N-dealkylation sites (N-methyl/N-ethyl adjacent to an activating group) is 1. The highest BCUT2D eigenvalue weighted by molar-refractivity contribution is 5.95. The number of piperazine rings is 1. The number of aliphatic carboxylic acids is 1. The van der Waals surface area contributed by atoms with Crippen LogP contribution < -0.4 is 0 Å². The van der Waals surface area contributed by atoms with Crippen LogP contribution >= 0.6 is 0 Å². The van der Waals surface area contributed by atoms with Crippen LogP contribution in [0.15, 0.2) is 24.3 Å². The lowest BCUT2D eigenvalue weighted by Crippen LogP contribution is -2.43. The van der Waals surface area contributed by atoms with E-state index in [2.05, 4.69) is 16.8 Å². The predicted molar refractivity (Wildman–Crippen MR) is 103 cm³/mol. The van der Waals surface area contributed by atoms with E-state index in [1.54, 1.807) is 4.90 Å². The molecule has 1 aliphatic carbocycles. The van der Waals surface area contributed by atoms with Gasteiger partial charge in [-0.2, -0.15) is 0 Å². The number of carboxylic acids is 1. The summed E-state index contributed by atoms with van der Waals surface area (Å²) in [6.07, 6.45) is 2.57. The molecule has 0 spiro atoms. The topological polar surface area (TPSA) is 64.1 Å². The number of hydrogen-bond acceptors (Lipinski definition) is 4. The van der Waals surface area contributed by atoms with Crippen molar-refractivity contribution in [3.63, 3.8) is 0 Å². The number of hydrogen-bond donors (Lipinski definition) is 1. The Morgan fingerprint density at radius 3 is 2.48 bits per heavy atom. The van der Waals surface area contributed by atoms with Crippen molar-refractivity contribution in [3.8, 4) is 0 Å². The maximum absolute atomic E-state index is 12.9. The van der Waals surface area contributed by atoms with Crippen LogP contribution in [-0.4, -0.2) is 78.0 Å². The molecule has 3 fully saturated rings. The molecule has 6 nitrogen and oxygen atoms in total. The molecule has 4 rings (SSSR count). The minimum Gasteiger partial charge on any atom is -0.481 e. The van der Waals surface area contributed by atoms with Crippen LogP contribution in [-0.2, 0) is 11.3 Å². The fraction of sp³-hybridized carbons (Fsp3) is 0.619. The molecule has 1 amide bonds. The molecule has 1 aromatic carbocycles. The predicted octanol–water partition coefficient (Wildman–Crippen LogP) is 1.76. The Hall–Kier alpha value is -1.92. The van der Waals surface area contributed by atoms with Crippen molar-refractivity contribution in [1.82, 2.24) is 14.7 Å². The maximum Gasteiger partial charge on any atom is 0.311 e. The molecule has 3 aliphatic rings. The van der Waals surface area contributed by atoms with Gasteiger partial charge < -0.3 is 14.9 Å². The van der Waals surface area contributed by atoms with E-state index in [0.29, 0.717) is 25.1 Å². The summed E-state index contributed by atoms with van der Waals surface area (Å²) in [5.41, 5.74) is 1.17. The van der Waals surface area contributed by atoms with Crippen LogP contribution in [0.25, 0.3) is 0 Å². The number of rotatable bonds is 4. The highest BCUT2D eigenvalue weighted by Gasteiger charge is 2.55. The molecule has 1 aromatic rings. The molecule has 2 heterocycles. The number of nitrogens with zero attached hydrogens (tertiary/aromatic N) is 3. The number of carboxylic acid groups (broad SMARTS) is 1. The minimum absolute atomic E-state index is 0.0313. The van der Waals surface area contributed by atoms with Gasteiger partial charge in [-0.05, 0) is 43.5 Å². The molecule has 6 heteroatoms. The van der Waals surface area contributed by atoms with Gasteiger partial charge in [0.1, 0.15) is 0 Å². The lowest BCUT2D eigenvalue weighted by molar-refractivity contribution is -0.149. The average molecular weight is 371 g/mol. The third-order valence-corrected chi connectivity index (χ3v) is 6.79. The van der Waals surface area contributed by atoms with Gasteiger partial charge in [0, 0.05) is 51.4 Å². The zero-order valence-electron chi connectivity index (χ0n) is 16.1. The number of likely N-dealkylation sites (tertiary alicyclic amines) is 1. The molecule has 27 heavy (non-hydrogen) atoms. The molecule has 0 bridgehead atoms. The molecule has 0 aromatic heterocycles. The van der Waals surface area contributed by atoms with Crippen LogP contribution in [0.1, 0.15) is 35.2 Å². The monoisotopic (exact) mass is 371 g/mol. The van der Waals surface area contributed by atoms with E-state index < -0.39 is 11.4 Å². The second-order valence-electron chi connectivity index (χ2n) is 8.51. The summed E-state index contributed by atoms with van der Waals surface area (Å²) in [5.74, 6) is -0.658. The van der Waals surface area contributed by atoms with Gasteiger partial charge in [-0.1, -0.05) is 18.6 Å². The van der Waals surface area contributed by atoms with Crippen molar-refractivity contribution in [1.29, 1.82) is 0 Å². The van der Waals surface area contributed by atoms with E-state index in [0.717, 1.165) is 45.6 Å². The molecule has 2 saturated heterocycles. The van der Waals surface area contributed by atoms with Crippen LogP contribution in [0.2, 0.25) is 0 Å². The third kappa shape index (κ3) is 3.48. The Balaban J connectivity index is 1.39. The van der Waals surface area contributed by atoms with Crippen LogP contribution in [0.3, 0.4) is 0 Å². The first-order chi connectivity index (χ1) is 13.0. The van der Waals surface area contributed by atoms with E-state index in [1.165, 1.54) is 5.56 Å². The maximum atomic E-state index is 12.9. The van der Waals surface area contributed by atoms with E-state index in [9.17, 15) is 14.7 Å². The number of benzene rings is 1. The molecule has 146 valence electrons. The van der Waals surface area contributed by atoms with Crippen molar-refractivity contribution in [2.24, 2.45) is 11.3 Å². The summed E-state index contributed by atoms with van der Waals surface area (Å²) in [6, 6.07) is 7.87. The van der Waals surface area contributed by atoms with E-state index >= 15 is 0 Å².